The smallest absolute Gasteiger partial charge is 0.0434 e. The number of hydrogen-bond donors (Lipinski definition) is 1. The second kappa shape index (κ2) is 6.49. The molecule has 2 heteroatoms. The number of aliphatic hydroxyl groups excluding tert-OH is 1. The standard InChI is InChI=1S/C8H15NO/c1-8(4-3-7-10)5-6-9-2/h5-6,10H,3-4,7H2,1-2H3. The Morgan fingerprint density at radius 3 is 2.80 bits per heavy atom. The van der Waals surface area contributed by atoms with Gasteiger partial charge in [-0.1, -0.05) is 5.57 Å². The Balaban J connectivity index is 3.49. The third kappa shape index (κ3) is 5.51. The minimum absolute atomic E-state index is 0.272. The second-order valence-electron chi connectivity index (χ2n) is 2.25. The Labute approximate surface area is 62.3 Å². The van der Waals surface area contributed by atoms with Crippen LogP contribution in [0, 0.1) is 0 Å². The van der Waals surface area contributed by atoms with E-state index in [1.54, 1.807) is 13.3 Å². The van der Waals surface area contributed by atoms with Crippen molar-refractivity contribution in [3.05, 3.63) is 11.6 Å². The Morgan fingerprint density at radius 1 is 1.60 bits per heavy atom. The molecule has 0 atom stereocenters. The molecular formula is C8H15NO. The molecule has 1 N–H and O–H groups in total. The van der Waals surface area contributed by atoms with Crippen molar-refractivity contribution in [2.45, 2.75) is 19.8 Å². The molecule has 0 rings (SSSR count). The summed E-state index contributed by atoms with van der Waals surface area (Å²) in [5.41, 5.74) is 1.26. The molecule has 0 aliphatic heterocycles. The van der Waals surface area contributed by atoms with Gasteiger partial charge in [-0.2, -0.15) is 0 Å². The first-order valence-electron chi connectivity index (χ1n) is 3.50. The Hall–Kier alpha value is -0.630. The molecule has 0 aliphatic rings. The highest BCUT2D eigenvalue weighted by Crippen LogP contribution is 2.00. The highest BCUT2D eigenvalue weighted by molar-refractivity contribution is 5.71. The van der Waals surface area contributed by atoms with Gasteiger partial charge in [0.2, 0.25) is 0 Å². The van der Waals surface area contributed by atoms with Crippen LogP contribution in [0.5, 0.6) is 0 Å². The fraction of sp³-hybridized carbons (Fsp3) is 0.625. The summed E-state index contributed by atoms with van der Waals surface area (Å²) in [6, 6.07) is 0. The summed E-state index contributed by atoms with van der Waals surface area (Å²) < 4.78 is 0. The molecule has 58 valence electrons. The van der Waals surface area contributed by atoms with Crippen LogP contribution < -0.4 is 0 Å². The predicted molar refractivity (Wildman–Crippen MR) is 44.5 cm³/mol. The lowest BCUT2D eigenvalue weighted by Crippen LogP contribution is -1.84. The summed E-state index contributed by atoms with van der Waals surface area (Å²) in [4.78, 5) is 3.82. The fourth-order valence-corrected chi connectivity index (χ4v) is 0.643. The zero-order valence-electron chi connectivity index (χ0n) is 6.67. The number of nitrogens with zero attached hydrogens (tertiary/aromatic N) is 1. The van der Waals surface area contributed by atoms with Gasteiger partial charge >= 0.3 is 0 Å². The van der Waals surface area contributed by atoms with E-state index in [1.807, 2.05) is 13.0 Å². The molecule has 0 fully saturated rings. The Bertz CT molecular complexity index is 127. The van der Waals surface area contributed by atoms with Gasteiger partial charge in [-0.05, 0) is 25.8 Å². The van der Waals surface area contributed by atoms with Gasteiger partial charge in [0.05, 0.1) is 0 Å². The number of hydrogen-bond acceptors (Lipinski definition) is 2. The molecule has 0 bridgehead atoms. The molecule has 0 unspecified atom stereocenters. The van der Waals surface area contributed by atoms with E-state index >= 15 is 0 Å². The summed E-state index contributed by atoms with van der Waals surface area (Å²) in [5, 5.41) is 8.48. The molecule has 0 saturated carbocycles. The van der Waals surface area contributed by atoms with Gasteiger partial charge in [-0.3, -0.25) is 4.99 Å². The molecule has 0 radical (unpaired) electrons. The SMILES string of the molecule is CN=CC=C(C)CCCO. The molecule has 10 heavy (non-hydrogen) atoms. The third-order valence-corrected chi connectivity index (χ3v) is 1.24. The highest BCUT2D eigenvalue weighted by atomic mass is 16.2. The van der Waals surface area contributed by atoms with Crippen LogP contribution in [0.1, 0.15) is 19.8 Å². The van der Waals surface area contributed by atoms with Crippen molar-refractivity contribution < 1.29 is 5.11 Å². The van der Waals surface area contributed by atoms with Crippen LogP contribution in [-0.2, 0) is 0 Å². The molecule has 0 amide bonds. The van der Waals surface area contributed by atoms with Crippen molar-refractivity contribution in [1.82, 2.24) is 0 Å². The topological polar surface area (TPSA) is 32.6 Å². The third-order valence-electron chi connectivity index (χ3n) is 1.24. The van der Waals surface area contributed by atoms with Crippen molar-refractivity contribution in [2.75, 3.05) is 13.7 Å². The fourth-order valence-electron chi connectivity index (χ4n) is 0.643. The number of aliphatic hydroxyl groups is 1. The first-order chi connectivity index (χ1) is 4.81. The molecule has 0 aromatic carbocycles. The van der Waals surface area contributed by atoms with E-state index in [0.717, 1.165) is 12.8 Å². The molecule has 2 nitrogen and oxygen atoms in total. The summed E-state index contributed by atoms with van der Waals surface area (Å²) in [6.07, 6.45) is 5.55. The maximum absolute atomic E-state index is 8.48. The lowest BCUT2D eigenvalue weighted by molar-refractivity contribution is 0.288. The summed E-state index contributed by atoms with van der Waals surface area (Å²) in [6.45, 7) is 2.31. The normalized spacial score (nSPS) is 12.9. The van der Waals surface area contributed by atoms with E-state index in [2.05, 4.69) is 4.99 Å². The van der Waals surface area contributed by atoms with E-state index in [9.17, 15) is 0 Å². The summed E-state index contributed by atoms with van der Waals surface area (Å²) in [7, 11) is 1.75. The van der Waals surface area contributed by atoms with Gasteiger partial charge in [0.25, 0.3) is 0 Å². The van der Waals surface area contributed by atoms with Crippen LogP contribution >= 0.6 is 0 Å². The van der Waals surface area contributed by atoms with Crippen LogP contribution in [0.25, 0.3) is 0 Å². The quantitative estimate of drug-likeness (QED) is 0.590. The van der Waals surface area contributed by atoms with Crippen molar-refractivity contribution in [3.63, 3.8) is 0 Å². The maximum Gasteiger partial charge on any atom is 0.0434 e. The minimum Gasteiger partial charge on any atom is -0.396 e. The highest BCUT2D eigenvalue weighted by Gasteiger charge is 1.86. The lowest BCUT2D eigenvalue weighted by atomic mass is 10.2. The number of aliphatic imine (C=N–C) groups is 1. The number of rotatable bonds is 4. The van der Waals surface area contributed by atoms with E-state index in [0.29, 0.717) is 0 Å². The van der Waals surface area contributed by atoms with Crippen molar-refractivity contribution in [1.29, 1.82) is 0 Å². The van der Waals surface area contributed by atoms with Crippen LogP contribution in [0.3, 0.4) is 0 Å². The Kier molecular flexibility index (Phi) is 6.08. The largest absolute Gasteiger partial charge is 0.396 e. The van der Waals surface area contributed by atoms with Crippen molar-refractivity contribution >= 4 is 6.21 Å². The van der Waals surface area contributed by atoms with Gasteiger partial charge in [0.15, 0.2) is 0 Å². The average molecular weight is 141 g/mol. The maximum atomic E-state index is 8.48. The van der Waals surface area contributed by atoms with Gasteiger partial charge in [-0.15, -0.1) is 0 Å². The molecule has 0 saturated heterocycles. The second-order valence-corrected chi connectivity index (χ2v) is 2.25. The van der Waals surface area contributed by atoms with Crippen molar-refractivity contribution in [3.8, 4) is 0 Å². The predicted octanol–water partition coefficient (Wildman–Crippen LogP) is 1.41. The first-order valence-corrected chi connectivity index (χ1v) is 3.50. The van der Waals surface area contributed by atoms with E-state index in [1.165, 1.54) is 5.57 Å². The van der Waals surface area contributed by atoms with Crippen LogP contribution in [0.2, 0.25) is 0 Å². The van der Waals surface area contributed by atoms with E-state index < -0.39 is 0 Å². The molecular weight excluding hydrogens is 126 g/mol. The minimum atomic E-state index is 0.272. The first kappa shape index (κ1) is 9.37. The molecule has 0 aromatic rings. The van der Waals surface area contributed by atoms with Gasteiger partial charge < -0.3 is 5.11 Å². The zero-order valence-corrected chi connectivity index (χ0v) is 6.67. The Morgan fingerprint density at radius 2 is 2.30 bits per heavy atom. The molecule has 0 aromatic heterocycles. The summed E-state index contributed by atoms with van der Waals surface area (Å²) in [5.74, 6) is 0. The lowest BCUT2D eigenvalue weighted by Gasteiger charge is -1.94. The van der Waals surface area contributed by atoms with Crippen LogP contribution in [0.15, 0.2) is 16.6 Å². The van der Waals surface area contributed by atoms with Gasteiger partial charge in [0, 0.05) is 19.9 Å². The van der Waals surface area contributed by atoms with E-state index in [4.69, 9.17) is 5.11 Å². The average Bonchev–Trinajstić information content (AvgIpc) is 1.97. The number of allylic oxidation sites excluding steroid dienone is 2. The van der Waals surface area contributed by atoms with E-state index in [-0.39, 0.29) is 6.61 Å². The van der Waals surface area contributed by atoms with Gasteiger partial charge in [0.1, 0.15) is 0 Å². The molecule has 0 spiro atoms. The monoisotopic (exact) mass is 141 g/mol. The van der Waals surface area contributed by atoms with Crippen molar-refractivity contribution in [2.24, 2.45) is 4.99 Å². The summed E-state index contributed by atoms with van der Waals surface area (Å²) >= 11 is 0. The van der Waals surface area contributed by atoms with Gasteiger partial charge in [-0.25, -0.2) is 0 Å². The van der Waals surface area contributed by atoms with Crippen LogP contribution in [-0.4, -0.2) is 25.0 Å². The molecule has 0 heterocycles. The van der Waals surface area contributed by atoms with Crippen LogP contribution in [0.4, 0.5) is 0 Å². The zero-order chi connectivity index (χ0) is 7.82. The molecule has 0 aliphatic carbocycles.